The monoisotopic (exact) mass is 241 g/mol. The molecule has 0 fully saturated rings. The number of likely N-dealkylation sites (N-methyl/N-ethyl adjacent to an activating group) is 2. The summed E-state index contributed by atoms with van der Waals surface area (Å²) in [7, 11) is 6.21. The highest BCUT2D eigenvalue weighted by atomic mass is 35.5. The van der Waals surface area contributed by atoms with Gasteiger partial charge in [-0.3, -0.25) is 0 Å². The molecule has 0 spiro atoms. The molecule has 0 radical (unpaired) electrons. The van der Waals surface area contributed by atoms with Crippen molar-refractivity contribution in [3.05, 3.63) is 28.8 Å². The smallest absolute Gasteiger partial charge is 0.0410 e. The van der Waals surface area contributed by atoms with Gasteiger partial charge in [-0.1, -0.05) is 11.6 Å². The molecule has 0 aliphatic heterocycles. The predicted molar refractivity (Wildman–Crippen MR) is 71.2 cm³/mol. The Bertz CT molecular complexity index is 339. The lowest BCUT2D eigenvalue weighted by Gasteiger charge is -2.24. The molecule has 0 bridgehead atoms. The molecule has 0 aromatic heterocycles. The summed E-state index contributed by atoms with van der Waals surface area (Å²) in [5, 5.41) is 0.741. The van der Waals surface area contributed by atoms with E-state index in [0.29, 0.717) is 6.54 Å². The second-order valence-corrected chi connectivity index (χ2v) is 4.64. The Balaban J connectivity index is 2.77. The number of hydrogen-bond acceptors (Lipinski definition) is 3. The molecule has 0 unspecified atom stereocenters. The third kappa shape index (κ3) is 3.67. The van der Waals surface area contributed by atoms with Gasteiger partial charge in [-0.05, 0) is 37.9 Å². The Morgan fingerprint density at radius 2 is 1.88 bits per heavy atom. The fourth-order valence-corrected chi connectivity index (χ4v) is 1.76. The minimum Gasteiger partial charge on any atom is -0.373 e. The summed E-state index contributed by atoms with van der Waals surface area (Å²) in [6, 6.07) is 5.87. The molecule has 0 atom stereocenters. The van der Waals surface area contributed by atoms with Crippen molar-refractivity contribution in [2.24, 2.45) is 5.73 Å². The van der Waals surface area contributed by atoms with Gasteiger partial charge in [0.15, 0.2) is 0 Å². The first-order valence-electron chi connectivity index (χ1n) is 5.39. The average molecular weight is 242 g/mol. The minimum absolute atomic E-state index is 0.516. The molecule has 0 aliphatic carbocycles. The number of nitrogens with two attached hydrogens (primary N) is 1. The summed E-state index contributed by atoms with van der Waals surface area (Å²) in [6.45, 7) is 2.51. The zero-order valence-electron chi connectivity index (χ0n) is 10.2. The molecule has 0 saturated heterocycles. The van der Waals surface area contributed by atoms with Crippen LogP contribution >= 0.6 is 11.6 Å². The third-order valence-corrected chi connectivity index (χ3v) is 2.79. The van der Waals surface area contributed by atoms with Crippen molar-refractivity contribution in [1.82, 2.24) is 4.90 Å². The zero-order valence-corrected chi connectivity index (χ0v) is 11.0. The first kappa shape index (κ1) is 13.3. The molecule has 1 aromatic carbocycles. The van der Waals surface area contributed by atoms with Crippen LogP contribution in [0, 0.1) is 0 Å². The van der Waals surface area contributed by atoms with E-state index in [1.165, 1.54) is 0 Å². The van der Waals surface area contributed by atoms with Crippen molar-refractivity contribution in [2.45, 2.75) is 6.54 Å². The Morgan fingerprint density at radius 1 is 1.19 bits per heavy atom. The van der Waals surface area contributed by atoms with Crippen LogP contribution in [0.25, 0.3) is 0 Å². The number of hydrogen-bond donors (Lipinski definition) is 1. The van der Waals surface area contributed by atoms with Gasteiger partial charge in [-0.15, -0.1) is 0 Å². The largest absolute Gasteiger partial charge is 0.373 e. The molecule has 0 heterocycles. The molecule has 4 heteroatoms. The molecular weight excluding hydrogens is 222 g/mol. The summed E-state index contributed by atoms with van der Waals surface area (Å²) < 4.78 is 0. The number of rotatable bonds is 5. The standard InChI is InChI=1S/C12H20ClN3/c1-15(2)6-7-16(3)12-5-4-11(13)8-10(12)9-14/h4-5,8H,6-7,9,14H2,1-3H3. The zero-order chi connectivity index (χ0) is 12.1. The number of anilines is 1. The molecule has 0 amide bonds. The van der Waals surface area contributed by atoms with Crippen molar-refractivity contribution in [3.63, 3.8) is 0 Å². The first-order chi connectivity index (χ1) is 7.54. The summed E-state index contributed by atoms with van der Waals surface area (Å²) in [5.41, 5.74) is 7.97. The number of nitrogens with zero attached hydrogens (tertiary/aromatic N) is 2. The van der Waals surface area contributed by atoms with Crippen LogP contribution in [-0.2, 0) is 6.54 Å². The Kier molecular flexibility index (Phi) is 5.06. The van der Waals surface area contributed by atoms with Gasteiger partial charge >= 0.3 is 0 Å². The highest BCUT2D eigenvalue weighted by molar-refractivity contribution is 6.30. The van der Waals surface area contributed by atoms with Crippen molar-refractivity contribution in [1.29, 1.82) is 0 Å². The fourth-order valence-electron chi connectivity index (χ4n) is 1.56. The van der Waals surface area contributed by atoms with Gasteiger partial charge in [0.2, 0.25) is 0 Å². The van der Waals surface area contributed by atoms with Gasteiger partial charge < -0.3 is 15.5 Å². The van der Waals surface area contributed by atoms with Gasteiger partial charge in [0, 0.05) is 37.4 Å². The van der Waals surface area contributed by atoms with Gasteiger partial charge in [0.1, 0.15) is 0 Å². The maximum Gasteiger partial charge on any atom is 0.0410 e. The lowest BCUT2D eigenvalue weighted by molar-refractivity contribution is 0.416. The lowest BCUT2D eigenvalue weighted by Crippen LogP contribution is -2.29. The van der Waals surface area contributed by atoms with Crippen LogP contribution in [-0.4, -0.2) is 39.1 Å². The van der Waals surface area contributed by atoms with E-state index >= 15 is 0 Å². The van der Waals surface area contributed by atoms with Crippen LogP contribution in [0.2, 0.25) is 5.02 Å². The molecule has 90 valence electrons. The molecule has 16 heavy (non-hydrogen) atoms. The molecular formula is C12H20ClN3. The van der Waals surface area contributed by atoms with Gasteiger partial charge in [0.25, 0.3) is 0 Å². The molecule has 2 N–H and O–H groups in total. The molecule has 0 saturated carbocycles. The van der Waals surface area contributed by atoms with Crippen LogP contribution < -0.4 is 10.6 Å². The minimum atomic E-state index is 0.516. The quantitative estimate of drug-likeness (QED) is 0.853. The van der Waals surface area contributed by atoms with E-state index in [9.17, 15) is 0 Å². The van der Waals surface area contributed by atoms with E-state index < -0.39 is 0 Å². The van der Waals surface area contributed by atoms with E-state index in [0.717, 1.165) is 29.4 Å². The SMILES string of the molecule is CN(C)CCN(C)c1ccc(Cl)cc1CN. The van der Waals surface area contributed by atoms with Crippen molar-refractivity contribution < 1.29 is 0 Å². The van der Waals surface area contributed by atoms with Crippen LogP contribution in [0.1, 0.15) is 5.56 Å². The van der Waals surface area contributed by atoms with Crippen molar-refractivity contribution >= 4 is 17.3 Å². The fraction of sp³-hybridized carbons (Fsp3) is 0.500. The molecule has 0 aliphatic rings. The van der Waals surface area contributed by atoms with E-state index in [-0.39, 0.29) is 0 Å². The van der Waals surface area contributed by atoms with Crippen molar-refractivity contribution in [3.8, 4) is 0 Å². The predicted octanol–water partition coefficient (Wildman–Crippen LogP) is 1.80. The second kappa shape index (κ2) is 6.09. The number of benzene rings is 1. The Morgan fingerprint density at radius 3 is 2.44 bits per heavy atom. The third-order valence-electron chi connectivity index (χ3n) is 2.56. The van der Waals surface area contributed by atoms with Crippen molar-refractivity contribution in [2.75, 3.05) is 39.1 Å². The average Bonchev–Trinajstić information content (AvgIpc) is 2.25. The molecule has 1 aromatic rings. The summed E-state index contributed by atoms with van der Waals surface area (Å²) in [4.78, 5) is 4.37. The Labute approximate surface area is 103 Å². The maximum absolute atomic E-state index is 5.95. The Hall–Kier alpha value is -0.770. The number of halogens is 1. The summed E-state index contributed by atoms with van der Waals surface area (Å²) in [6.07, 6.45) is 0. The maximum atomic E-state index is 5.95. The lowest BCUT2D eigenvalue weighted by atomic mass is 10.1. The topological polar surface area (TPSA) is 32.5 Å². The van der Waals surface area contributed by atoms with Crippen LogP contribution in [0.5, 0.6) is 0 Å². The van der Waals surface area contributed by atoms with E-state index in [4.69, 9.17) is 17.3 Å². The van der Waals surface area contributed by atoms with E-state index in [1.54, 1.807) is 0 Å². The van der Waals surface area contributed by atoms with Gasteiger partial charge in [0.05, 0.1) is 0 Å². The van der Waals surface area contributed by atoms with Crippen LogP contribution in [0.3, 0.4) is 0 Å². The molecule has 1 rings (SSSR count). The highest BCUT2D eigenvalue weighted by Crippen LogP contribution is 2.22. The first-order valence-corrected chi connectivity index (χ1v) is 5.76. The normalized spacial score (nSPS) is 10.9. The molecule has 3 nitrogen and oxygen atoms in total. The van der Waals surface area contributed by atoms with Crippen LogP contribution in [0.4, 0.5) is 5.69 Å². The second-order valence-electron chi connectivity index (χ2n) is 4.20. The van der Waals surface area contributed by atoms with E-state index in [2.05, 4.69) is 30.9 Å². The summed E-state index contributed by atoms with van der Waals surface area (Å²) in [5.74, 6) is 0. The summed E-state index contributed by atoms with van der Waals surface area (Å²) >= 11 is 5.95. The van der Waals surface area contributed by atoms with Gasteiger partial charge in [-0.2, -0.15) is 0 Å². The van der Waals surface area contributed by atoms with Crippen LogP contribution in [0.15, 0.2) is 18.2 Å². The highest BCUT2D eigenvalue weighted by Gasteiger charge is 2.07. The van der Waals surface area contributed by atoms with Gasteiger partial charge in [-0.25, -0.2) is 0 Å². The van der Waals surface area contributed by atoms with E-state index in [1.807, 2.05) is 18.2 Å².